The van der Waals surface area contributed by atoms with E-state index in [9.17, 15) is 14.7 Å². The zero-order chi connectivity index (χ0) is 21.9. The summed E-state index contributed by atoms with van der Waals surface area (Å²) < 4.78 is 5.64. The number of hydrogen-bond acceptors (Lipinski definition) is 8. The number of alkyl carbamates (subject to hydrolysis) is 1. The second kappa shape index (κ2) is 12.9. The van der Waals surface area contributed by atoms with E-state index in [4.69, 9.17) is 9.94 Å². The van der Waals surface area contributed by atoms with E-state index in [0.29, 0.717) is 29.1 Å². The largest absolute Gasteiger partial charge is 0.507 e. The van der Waals surface area contributed by atoms with E-state index in [2.05, 4.69) is 31.7 Å². The summed E-state index contributed by atoms with van der Waals surface area (Å²) in [6.45, 7) is 6.32. The minimum Gasteiger partial charge on any atom is -0.507 e. The van der Waals surface area contributed by atoms with Crippen molar-refractivity contribution in [1.29, 1.82) is 0 Å². The van der Waals surface area contributed by atoms with Crippen LogP contribution in [0.3, 0.4) is 0 Å². The van der Waals surface area contributed by atoms with Crippen LogP contribution in [0.1, 0.15) is 26.3 Å². The SMILES string of the molecule is CC(C)(C)OC(=O)NCCSSCCNC(=O)/C(Cc1ccc(O)c(Br)c1)=N/O. The van der Waals surface area contributed by atoms with Crippen molar-refractivity contribution in [2.75, 3.05) is 24.6 Å². The Hall–Kier alpha value is -1.59. The van der Waals surface area contributed by atoms with Crippen LogP contribution >= 0.6 is 37.5 Å². The molecule has 0 aliphatic carbocycles. The molecule has 0 bridgehead atoms. The predicted molar refractivity (Wildman–Crippen MR) is 121 cm³/mol. The fraction of sp³-hybridized carbons (Fsp3) is 0.500. The van der Waals surface area contributed by atoms with Crippen LogP contribution < -0.4 is 10.6 Å². The van der Waals surface area contributed by atoms with Crippen molar-refractivity contribution >= 4 is 55.2 Å². The molecule has 162 valence electrons. The summed E-state index contributed by atoms with van der Waals surface area (Å²) in [5, 5.41) is 27.1. The monoisotopic (exact) mass is 507 g/mol. The molecule has 0 aromatic heterocycles. The Morgan fingerprint density at radius 3 is 2.34 bits per heavy atom. The molecule has 2 amide bonds. The number of oxime groups is 1. The van der Waals surface area contributed by atoms with E-state index in [1.54, 1.807) is 33.7 Å². The number of benzene rings is 1. The lowest BCUT2D eigenvalue weighted by Gasteiger charge is -2.19. The van der Waals surface area contributed by atoms with Crippen LogP contribution in [-0.4, -0.2) is 58.2 Å². The standard InChI is InChI=1S/C18H26BrN3O5S2/c1-18(2,3)27-17(25)21-7-9-29-28-8-6-20-16(24)14(22-26)11-12-4-5-15(23)13(19)10-12/h4-5,10,23,26H,6-9,11H2,1-3H3,(H,20,24)(H,21,25)/b22-14+. The fourth-order valence-electron chi connectivity index (χ4n) is 1.95. The molecule has 0 spiro atoms. The van der Waals surface area contributed by atoms with Crippen molar-refractivity contribution in [2.45, 2.75) is 32.8 Å². The molecule has 1 aromatic carbocycles. The van der Waals surface area contributed by atoms with Crippen LogP contribution in [-0.2, 0) is 16.0 Å². The second-order valence-electron chi connectivity index (χ2n) is 6.84. The van der Waals surface area contributed by atoms with Crippen LogP contribution in [0, 0.1) is 0 Å². The summed E-state index contributed by atoms with van der Waals surface area (Å²) in [7, 11) is 3.13. The van der Waals surface area contributed by atoms with Crippen molar-refractivity contribution in [3.8, 4) is 5.75 Å². The van der Waals surface area contributed by atoms with Gasteiger partial charge in [-0.05, 0) is 54.4 Å². The number of rotatable bonds is 10. The first kappa shape index (κ1) is 25.4. The van der Waals surface area contributed by atoms with Gasteiger partial charge >= 0.3 is 6.09 Å². The number of amides is 2. The number of nitrogens with zero attached hydrogens (tertiary/aromatic N) is 1. The van der Waals surface area contributed by atoms with Gasteiger partial charge < -0.3 is 25.7 Å². The first-order chi connectivity index (χ1) is 13.6. The number of ether oxygens (including phenoxy) is 1. The molecule has 8 nitrogen and oxygen atoms in total. The molecular weight excluding hydrogens is 482 g/mol. The van der Waals surface area contributed by atoms with Crippen LogP contribution in [0.15, 0.2) is 27.8 Å². The van der Waals surface area contributed by atoms with Gasteiger partial charge in [-0.25, -0.2) is 4.79 Å². The third-order valence-electron chi connectivity index (χ3n) is 3.17. The maximum absolute atomic E-state index is 12.1. The van der Waals surface area contributed by atoms with E-state index in [-0.39, 0.29) is 17.9 Å². The van der Waals surface area contributed by atoms with E-state index in [1.165, 1.54) is 6.07 Å². The quantitative estimate of drug-likeness (QED) is 0.125. The fourth-order valence-corrected chi connectivity index (χ4v) is 4.19. The molecule has 0 fully saturated rings. The summed E-state index contributed by atoms with van der Waals surface area (Å²) in [5.74, 6) is 1.01. The van der Waals surface area contributed by atoms with Crippen molar-refractivity contribution in [3.63, 3.8) is 0 Å². The van der Waals surface area contributed by atoms with E-state index in [0.717, 1.165) is 5.56 Å². The van der Waals surface area contributed by atoms with Gasteiger partial charge in [0.2, 0.25) is 0 Å². The first-order valence-corrected chi connectivity index (χ1v) is 12.1. The topological polar surface area (TPSA) is 120 Å². The van der Waals surface area contributed by atoms with Crippen LogP contribution in [0.25, 0.3) is 0 Å². The van der Waals surface area contributed by atoms with E-state index in [1.807, 2.05) is 20.8 Å². The first-order valence-electron chi connectivity index (χ1n) is 8.80. The lowest BCUT2D eigenvalue weighted by atomic mass is 10.1. The maximum Gasteiger partial charge on any atom is 0.407 e. The number of aromatic hydroxyl groups is 1. The van der Waals surface area contributed by atoms with Crippen molar-refractivity contribution in [3.05, 3.63) is 28.2 Å². The minimum absolute atomic E-state index is 0.0122. The van der Waals surface area contributed by atoms with Crippen molar-refractivity contribution in [2.24, 2.45) is 5.16 Å². The van der Waals surface area contributed by atoms with Gasteiger partial charge in [-0.15, -0.1) is 0 Å². The van der Waals surface area contributed by atoms with Gasteiger partial charge in [-0.2, -0.15) is 0 Å². The van der Waals surface area contributed by atoms with E-state index >= 15 is 0 Å². The average Bonchev–Trinajstić information content (AvgIpc) is 2.63. The lowest BCUT2D eigenvalue weighted by molar-refractivity contribution is -0.114. The molecule has 1 rings (SSSR count). The van der Waals surface area contributed by atoms with Gasteiger partial charge in [0.1, 0.15) is 17.1 Å². The highest BCUT2D eigenvalue weighted by atomic mass is 79.9. The molecule has 0 saturated carbocycles. The highest BCUT2D eigenvalue weighted by Crippen LogP contribution is 2.24. The molecule has 4 N–H and O–H groups in total. The molecule has 29 heavy (non-hydrogen) atoms. The van der Waals surface area contributed by atoms with Gasteiger partial charge in [0.05, 0.1) is 4.47 Å². The molecule has 0 aliphatic heterocycles. The van der Waals surface area contributed by atoms with Crippen molar-refractivity contribution < 1.29 is 24.6 Å². The summed E-state index contributed by atoms with van der Waals surface area (Å²) in [4.78, 5) is 23.6. The molecular formula is C18H26BrN3O5S2. The second-order valence-corrected chi connectivity index (χ2v) is 10.4. The van der Waals surface area contributed by atoms with E-state index < -0.39 is 17.6 Å². The van der Waals surface area contributed by atoms with Gasteiger partial charge in [0.25, 0.3) is 5.91 Å². The smallest absolute Gasteiger partial charge is 0.407 e. The summed E-state index contributed by atoms with van der Waals surface area (Å²) >= 11 is 3.20. The Bertz CT molecular complexity index is 726. The highest BCUT2D eigenvalue weighted by molar-refractivity contribution is 9.10. The van der Waals surface area contributed by atoms with Gasteiger partial charge in [0, 0.05) is 31.0 Å². The Balaban J connectivity index is 2.19. The maximum atomic E-state index is 12.1. The number of halogens is 1. The number of phenolic OH excluding ortho intramolecular Hbond substituents is 1. The Labute approximate surface area is 186 Å². The molecule has 0 saturated heterocycles. The summed E-state index contributed by atoms with van der Waals surface area (Å²) in [5.41, 5.74) is 0.196. The molecule has 1 aromatic rings. The molecule has 0 unspecified atom stereocenters. The Morgan fingerprint density at radius 2 is 1.79 bits per heavy atom. The Morgan fingerprint density at radius 1 is 1.17 bits per heavy atom. The number of phenols is 1. The predicted octanol–water partition coefficient (Wildman–Crippen LogP) is 3.55. The summed E-state index contributed by atoms with van der Waals surface area (Å²) in [6, 6.07) is 4.81. The third kappa shape index (κ3) is 11.2. The molecule has 0 aliphatic rings. The lowest BCUT2D eigenvalue weighted by Crippen LogP contribution is -2.34. The number of carbonyl (C=O) groups is 2. The zero-order valence-electron chi connectivity index (χ0n) is 16.5. The summed E-state index contributed by atoms with van der Waals surface area (Å²) in [6.07, 6.45) is -0.300. The molecule has 0 atom stereocenters. The third-order valence-corrected chi connectivity index (χ3v) is 6.22. The van der Waals surface area contributed by atoms with Crippen molar-refractivity contribution in [1.82, 2.24) is 10.6 Å². The van der Waals surface area contributed by atoms with Gasteiger partial charge in [-0.1, -0.05) is 32.8 Å². The average molecular weight is 508 g/mol. The normalized spacial score (nSPS) is 11.8. The molecule has 11 heteroatoms. The van der Waals surface area contributed by atoms with Crippen LogP contribution in [0.4, 0.5) is 4.79 Å². The van der Waals surface area contributed by atoms with Gasteiger partial charge in [-0.3, -0.25) is 4.79 Å². The van der Waals surface area contributed by atoms with Crippen LogP contribution in [0.2, 0.25) is 0 Å². The number of carbonyl (C=O) groups excluding carboxylic acids is 2. The van der Waals surface area contributed by atoms with Crippen LogP contribution in [0.5, 0.6) is 5.75 Å². The van der Waals surface area contributed by atoms with Gasteiger partial charge in [0.15, 0.2) is 0 Å². The zero-order valence-corrected chi connectivity index (χ0v) is 19.7. The highest BCUT2D eigenvalue weighted by Gasteiger charge is 2.15. The molecule has 0 heterocycles. The molecule has 0 radical (unpaired) electrons. The number of nitrogens with one attached hydrogen (secondary N) is 2. The Kier molecular flexibility index (Phi) is 11.3. The number of hydrogen-bond donors (Lipinski definition) is 4. The minimum atomic E-state index is -0.514.